The lowest BCUT2D eigenvalue weighted by Crippen LogP contribution is -2.28. The van der Waals surface area contributed by atoms with E-state index in [-0.39, 0.29) is 5.41 Å². The molecule has 2 heteroatoms. The number of rotatable bonds is 6. The van der Waals surface area contributed by atoms with Crippen LogP contribution in [0.4, 0.5) is 17.1 Å². The van der Waals surface area contributed by atoms with E-state index >= 15 is 0 Å². The van der Waals surface area contributed by atoms with Gasteiger partial charge in [-0.15, -0.1) is 0 Å². The molecule has 13 aromatic rings. The maximum atomic E-state index is 6.44. The van der Waals surface area contributed by atoms with Crippen molar-refractivity contribution in [3.05, 3.63) is 282 Å². The summed E-state index contributed by atoms with van der Waals surface area (Å²) < 4.78 is 6.44. The molecule has 12 aromatic carbocycles. The third-order valence-corrected chi connectivity index (χ3v) is 16.3. The molecule has 2 aliphatic rings. The number of anilines is 3. The second-order valence-corrected chi connectivity index (χ2v) is 20.3. The summed E-state index contributed by atoms with van der Waals surface area (Å²) in [5.74, 6) is 0. The van der Waals surface area contributed by atoms with Crippen LogP contribution in [0.15, 0.2) is 253 Å². The zero-order chi connectivity index (χ0) is 47.7. The van der Waals surface area contributed by atoms with Crippen LogP contribution in [-0.4, -0.2) is 0 Å². The molecule has 0 saturated heterocycles. The fourth-order valence-electron chi connectivity index (χ4n) is 13.2. The molecule has 15 rings (SSSR count). The summed E-state index contributed by atoms with van der Waals surface area (Å²) in [6.45, 7) is 4.79. The molecule has 0 spiro atoms. The van der Waals surface area contributed by atoms with Gasteiger partial charge in [-0.3, -0.25) is 0 Å². The van der Waals surface area contributed by atoms with Crippen LogP contribution in [0.25, 0.3) is 87.6 Å². The second-order valence-electron chi connectivity index (χ2n) is 20.3. The third kappa shape index (κ3) is 5.61. The molecule has 0 amide bonds. The van der Waals surface area contributed by atoms with Gasteiger partial charge in [0.15, 0.2) is 0 Å². The van der Waals surface area contributed by atoms with E-state index in [9.17, 15) is 0 Å². The van der Waals surface area contributed by atoms with E-state index in [1.165, 1.54) is 110 Å². The summed E-state index contributed by atoms with van der Waals surface area (Å²) in [6.07, 6.45) is 0. The highest BCUT2D eigenvalue weighted by molar-refractivity contribution is 6.34. The number of nitrogens with zero attached hydrogens (tertiary/aromatic N) is 1. The van der Waals surface area contributed by atoms with Crippen molar-refractivity contribution in [1.82, 2.24) is 0 Å². The number of hydrogen-bond acceptors (Lipinski definition) is 2. The predicted molar refractivity (Wildman–Crippen MR) is 301 cm³/mol. The quantitative estimate of drug-likeness (QED) is 0.155. The van der Waals surface area contributed by atoms with Gasteiger partial charge in [0.25, 0.3) is 0 Å². The normalized spacial score (nSPS) is 13.9. The van der Waals surface area contributed by atoms with Crippen LogP contribution in [0.3, 0.4) is 0 Å². The first-order chi connectivity index (χ1) is 35.5. The van der Waals surface area contributed by atoms with E-state index in [1.807, 2.05) is 0 Å². The lowest BCUT2D eigenvalue weighted by molar-refractivity contribution is 0.661. The Hall–Kier alpha value is -8.98. The molecule has 1 aromatic heterocycles. The smallest absolute Gasteiger partial charge is 0.136 e. The van der Waals surface area contributed by atoms with Crippen LogP contribution in [-0.2, 0) is 10.8 Å². The fraction of sp³-hybridized carbons (Fsp3) is 0.0571. The molecule has 0 radical (unpaired) electrons. The van der Waals surface area contributed by atoms with E-state index in [2.05, 4.69) is 267 Å². The Morgan fingerprint density at radius 3 is 1.65 bits per heavy atom. The first-order valence-electron chi connectivity index (χ1n) is 25.2. The minimum atomic E-state index is -0.532. The van der Waals surface area contributed by atoms with Crippen molar-refractivity contribution in [2.45, 2.75) is 24.7 Å². The van der Waals surface area contributed by atoms with E-state index in [0.717, 1.165) is 27.9 Å². The van der Waals surface area contributed by atoms with Gasteiger partial charge in [0.1, 0.15) is 11.2 Å². The molecular weight excluding hydrogens is 871 g/mol. The lowest BCUT2D eigenvalue weighted by Gasteiger charge is -2.35. The highest BCUT2D eigenvalue weighted by atomic mass is 16.3. The summed E-state index contributed by atoms with van der Waals surface area (Å²) in [7, 11) is 0. The number of benzene rings is 12. The average Bonchev–Trinajstić information content (AvgIpc) is 4.06. The monoisotopic (exact) mass is 917 g/mol. The Kier molecular flexibility index (Phi) is 8.66. The van der Waals surface area contributed by atoms with Crippen molar-refractivity contribution in [2.75, 3.05) is 4.90 Å². The first kappa shape index (κ1) is 40.9. The van der Waals surface area contributed by atoms with Crippen LogP contribution in [0.5, 0.6) is 0 Å². The number of fused-ring (bicyclic) bond motifs is 16. The van der Waals surface area contributed by atoms with Gasteiger partial charge < -0.3 is 9.32 Å². The molecule has 0 saturated carbocycles. The largest absolute Gasteiger partial charge is 0.456 e. The molecule has 338 valence electrons. The molecule has 1 heterocycles. The maximum Gasteiger partial charge on any atom is 0.136 e. The maximum absolute atomic E-state index is 6.44. The zero-order valence-corrected chi connectivity index (χ0v) is 40.0. The Balaban J connectivity index is 0.941. The van der Waals surface area contributed by atoms with E-state index in [1.54, 1.807) is 0 Å². The summed E-state index contributed by atoms with van der Waals surface area (Å²) in [6, 6.07) is 92.4. The second kappa shape index (κ2) is 15.3. The number of furan rings is 1. The van der Waals surface area contributed by atoms with Crippen molar-refractivity contribution in [3.8, 4) is 33.4 Å². The SMILES string of the molecule is CC1(C)c2ccccc2-c2cccc(N(c3ccc(-c4ccc5c6ccccc6c6c(ccc7oc8ccccc8c76)c5c4)cc3)c3ccc4c(c3)C(c3ccccc3)(c3ccccc3)c3ccccc3-4)c21. The van der Waals surface area contributed by atoms with Crippen LogP contribution < -0.4 is 4.90 Å². The van der Waals surface area contributed by atoms with E-state index < -0.39 is 5.41 Å². The van der Waals surface area contributed by atoms with Crippen molar-refractivity contribution in [1.29, 1.82) is 0 Å². The summed E-state index contributed by atoms with van der Waals surface area (Å²) in [5, 5.41) is 9.77. The first-order valence-corrected chi connectivity index (χ1v) is 25.2. The minimum Gasteiger partial charge on any atom is -0.456 e. The lowest BCUT2D eigenvalue weighted by atomic mass is 9.67. The molecule has 0 N–H and O–H groups in total. The van der Waals surface area contributed by atoms with Gasteiger partial charge in [-0.25, -0.2) is 0 Å². The van der Waals surface area contributed by atoms with Gasteiger partial charge in [-0.1, -0.05) is 208 Å². The minimum absolute atomic E-state index is 0.238. The van der Waals surface area contributed by atoms with Crippen LogP contribution in [0, 0.1) is 0 Å². The number of hydrogen-bond donors (Lipinski definition) is 0. The third-order valence-electron chi connectivity index (χ3n) is 16.3. The molecule has 2 aliphatic carbocycles. The van der Waals surface area contributed by atoms with E-state index in [4.69, 9.17) is 4.42 Å². The molecular formula is C70H47NO. The Morgan fingerprint density at radius 1 is 0.333 bits per heavy atom. The summed E-state index contributed by atoms with van der Waals surface area (Å²) >= 11 is 0. The zero-order valence-electron chi connectivity index (χ0n) is 40.0. The van der Waals surface area contributed by atoms with Gasteiger partial charge in [0.05, 0.1) is 11.1 Å². The molecule has 2 nitrogen and oxygen atoms in total. The van der Waals surface area contributed by atoms with Gasteiger partial charge in [-0.05, 0) is 148 Å². The van der Waals surface area contributed by atoms with Gasteiger partial charge in [0.2, 0.25) is 0 Å². The van der Waals surface area contributed by atoms with Gasteiger partial charge in [-0.2, -0.15) is 0 Å². The Morgan fingerprint density at radius 2 is 0.889 bits per heavy atom. The average molecular weight is 918 g/mol. The van der Waals surface area contributed by atoms with Gasteiger partial charge >= 0.3 is 0 Å². The summed E-state index contributed by atoms with van der Waals surface area (Å²) in [5.41, 5.74) is 19.8. The number of para-hydroxylation sites is 1. The highest BCUT2D eigenvalue weighted by Gasteiger charge is 2.47. The summed E-state index contributed by atoms with van der Waals surface area (Å²) in [4.78, 5) is 2.53. The Labute approximate surface area is 418 Å². The molecule has 0 unspecified atom stereocenters. The van der Waals surface area contributed by atoms with Crippen molar-refractivity contribution < 1.29 is 4.42 Å². The fourth-order valence-corrected chi connectivity index (χ4v) is 13.2. The molecule has 0 fully saturated rings. The molecule has 0 atom stereocenters. The van der Waals surface area contributed by atoms with E-state index in [0.29, 0.717) is 0 Å². The van der Waals surface area contributed by atoms with Crippen molar-refractivity contribution in [3.63, 3.8) is 0 Å². The standard InChI is InChI=1S/C70H47NO/c1-69(2)60-28-14-11-24-53(60)57-27-17-30-63(68(57)69)71(49-37-39-54-52-23-12-15-29-61(52)70(62(54)43-49,46-18-5-3-6-19-46)47-20-7-4-8-21-47)48-35-32-44(33-36-48)45-34-38-51-50-22-9-10-25-55(50)66-56(59(51)42-45)40-41-65-67(66)58-26-13-16-31-64(58)72-65/h3-43H,1-2H3. The van der Waals surface area contributed by atoms with Crippen molar-refractivity contribution >= 4 is 71.3 Å². The van der Waals surface area contributed by atoms with Crippen molar-refractivity contribution in [2.24, 2.45) is 0 Å². The van der Waals surface area contributed by atoms with Crippen LogP contribution in [0.2, 0.25) is 0 Å². The van der Waals surface area contributed by atoms with Crippen LogP contribution >= 0.6 is 0 Å². The van der Waals surface area contributed by atoms with Crippen LogP contribution in [0.1, 0.15) is 47.2 Å². The topological polar surface area (TPSA) is 16.4 Å². The predicted octanol–water partition coefficient (Wildman–Crippen LogP) is 18.9. The molecule has 0 aliphatic heterocycles. The molecule has 0 bridgehead atoms. The highest BCUT2D eigenvalue weighted by Crippen LogP contribution is 2.59. The Bertz CT molecular complexity index is 4310. The molecule has 72 heavy (non-hydrogen) atoms. The van der Waals surface area contributed by atoms with Gasteiger partial charge in [0, 0.05) is 32.9 Å².